The second-order valence-electron chi connectivity index (χ2n) is 4.87. The van der Waals surface area contributed by atoms with Crippen LogP contribution in [0.25, 0.3) is 0 Å². The van der Waals surface area contributed by atoms with Gasteiger partial charge in [-0.15, -0.1) is 0 Å². The molecule has 3 rings (SSSR count). The molecule has 0 amide bonds. The van der Waals surface area contributed by atoms with E-state index >= 15 is 0 Å². The highest BCUT2D eigenvalue weighted by molar-refractivity contribution is 5.27. The molecular formula is C14H16N2O2. The van der Waals surface area contributed by atoms with Gasteiger partial charge in [-0.3, -0.25) is 0 Å². The molecule has 0 unspecified atom stereocenters. The lowest BCUT2D eigenvalue weighted by atomic mass is 10.1. The maximum absolute atomic E-state index is 9.22. The van der Waals surface area contributed by atoms with Crippen molar-refractivity contribution in [2.75, 3.05) is 0 Å². The summed E-state index contributed by atoms with van der Waals surface area (Å²) in [6.07, 6.45) is 5.52. The Morgan fingerprint density at radius 1 is 1.17 bits per heavy atom. The highest BCUT2D eigenvalue weighted by Crippen LogP contribution is 2.32. The average Bonchev–Trinajstić information content (AvgIpc) is 3.02. The van der Waals surface area contributed by atoms with Crippen molar-refractivity contribution >= 4 is 0 Å². The number of hydrogen-bond acceptors (Lipinski definition) is 4. The molecule has 1 saturated carbocycles. The van der Waals surface area contributed by atoms with E-state index in [0.717, 1.165) is 11.4 Å². The van der Waals surface area contributed by atoms with E-state index in [2.05, 4.69) is 10.1 Å². The highest BCUT2D eigenvalue weighted by Gasteiger charge is 2.22. The predicted molar refractivity (Wildman–Crippen MR) is 66.4 cm³/mol. The van der Waals surface area contributed by atoms with E-state index < -0.39 is 0 Å². The van der Waals surface area contributed by atoms with Gasteiger partial charge in [0.05, 0.1) is 6.42 Å². The molecular weight excluding hydrogens is 228 g/mol. The van der Waals surface area contributed by atoms with Crippen LogP contribution in [0.3, 0.4) is 0 Å². The molecule has 4 heteroatoms. The molecule has 0 aliphatic heterocycles. The quantitative estimate of drug-likeness (QED) is 0.901. The SMILES string of the molecule is Oc1ccc(Cc2nc(C3CCCC3)no2)cc1. The van der Waals surface area contributed by atoms with Gasteiger partial charge in [-0.25, -0.2) is 0 Å². The Morgan fingerprint density at radius 3 is 2.61 bits per heavy atom. The maximum Gasteiger partial charge on any atom is 0.231 e. The summed E-state index contributed by atoms with van der Waals surface area (Å²) in [5, 5.41) is 13.3. The van der Waals surface area contributed by atoms with Crippen LogP contribution in [-0.4, -0.2) is 15.2 Å². The molecule has 18 heavy (non-hydrogen) atoms. The first kappa shape index (κ1) is 11.3. The summed E-state index contributed by atoms with van der Waals surface area (Å²) in [6.45, 7) is 0. The van der Waals surface area contributed by atoms with E-state index in [1.807, 2.05) is 12.1 Å². The minimum Gasteiger partial charge on any atom is -0.508 e. The summed E-state index contributed by atoms with van der Waals surface area (Å²) in [5.74, 6) is 2.28. The highest BCUT2D eigenvalue weighted by atomic mass is 16.5. The Kier molecular flexibility index (Phi) is 3.00. The maximum atomic E-state index is 9.22. The van der Waals surface area contributed by atoms with Crippen molar-refractivity contribution in [1.82, 2.24) is 10.1 Å². The molecule has 0 saturated heterocycles. The molecule has 0 bridgehead atoms. The molecule has 2 aromatic rings. The van der Waals surface area contributed by atoms with Crippen LogP contribution in [0.2, 0.25) is 0 Å². The lowest BCUT2D eigenvalue weighted by molar-refractivity contribution is 0.375. The van der Waals surface area contributed by atoms with Crippen LogP contribution in [0.1, 0.15) is 48.9 Å². The van der Waals surface area contributed by atoms with E-state index in [-0.39, 0.29) is 5.75 Å². The molecule has 1 aliphatic rings. The molecule has 1 aromatic carbocycles. The van der Waals surface area contributed by atoms with E-state index in [4.69, 9.17) is 4.52 Å². The van der Waals surface area contributed by atoms with Gasteiger partial charge in [0.15, 0.2) is 5.82 Å². The van der Waals surface area contributed by atoms with Crippen molar-refractivity contribution in [1.29, 1.82) is 0 Å². The molecule has 0 atom stereocenters. The van der Waals surface area contributed by atoms with Gasteiger partial charge in [0.25, 0.3) is 0 Å². The predicted octanol–water partition coefficient (Wildman–Crippen LogP) is 3.02. The largest absolute Gasteiger partial charge is 0.508 e. The second kappa shape index (κ2) is 4.80. The van der Waals surface area contributed by atoms with E-state index in [9.17, 15) is 5.11 Å². The Bertz CT molecular complexity index is 513. The van der Waals surface area contributed by atoms with E-state index in [0.29, 0.717) is 18.2 Å². The van der Waals surface area contributed by atoms with Crippen molar-refractivity contribution in [3.63, 3.8) is 0 Å². The van der Waals surface area contributed by atoms with Gasteiger partial charge in [-0.05, 0) is 30.5 Å². The zero-order valence-electron chi connectivity index (χ0n) is 10.2. The summed E-state index contributed by atoms with van der Waals surface area (Å²) in [4.78, 5) is 4.47. The molecule has 1 aliphatic carbocycles. The van der Waals surface area contributed by atoms with Crippen molar-refractivity contribution in [3.05, 3.63) is 41.5 Å². The fraction of sp³-hybridized carbons (Fsp3) is 0.429. The van der Waals surface area contributed by atoms with Crippen molar-refractivity contribution in [2.24, 2.45) is 0 Å². The van der Waals surface area contributed by atoms with Gasteiger partial charge in [-0.2, -0.15) is 4.98 Å². The molecule has 0 radical (unpaired) electrons. The lowest BCUT2D eigenvalue weighted by Crippen LogP contribution is -1.95. The number of hydrogen-bond donors (Lipinski definition) is 1. The van der Waals surface area contributed by atoms with Crippen molar-refractivity contribution in [2.45, 2.75) is 38.0 Å². The summed E-state index contributed by atoms with van der Waals surface area (Å²) >= 11 is 0. The van der Waals surface area contributed by atoms with E-state index in [1.165, 1.54) is 25.7 Å². The number of aromatic nitrogens is 2. The Labute approximate surface area is 106 Å². The molecule has 1 fully saturated rings. The van der Waals surface area contributed by atoms with Gasteiger partial charge in [0, 0.05) is 5.92 Å². The third-order valence-electron chi connectivity index (χ3n) is 3.50. The van der Waals surface area contributed by atoms with Gasteiger partial charge in [0.1, 0.15) is 5.75 Å². The van der Waals surface area contributed by atoms with Crippen LogP contribution in [0.15, 0.2) is 28.8 Å². The fourth-order valence-corrected chi connectivity index (χ4v) is 2.48. The number of nitrogens with zero attached hydrogens (tertiary/aromatic N) is 2. The number of phenols is 1. The third-order valence-corrected chi connectivity index (χ3v) is 3.50. The van der Waals surface area contributed by atoms with Crippen LogP contribution < -0.4 is 0 Å². The minimum absolute atomic E-state index is 0.274. The average molecular weight is 244 g/mol. The second-order valence-corrected chi connectivity index (χ2v) is 4.87. The van der Waals surface area contributed by atoms with Gasteiger partial charge >= 0.3 is 0 Å². The first-order valence-corrected chi connectivity index (χ1v) is 6.41. The van der Waals surface area contributed by atoms with Crippen LogP contribution >= 0.6 is 0 Å². The van der Waals surface area contributed by atoms with Crippen molar-refractivity contribution in [3.8, 4) is 5.75 Å². The Balaban J connectivity index is 1.71. The first-order chi connectivity index (χ1) is 8.81. The molecule has 4 nitrogen and oxygen atoms in total. The first-order valence-electron chi connectivity index (χ1n) is 6.41. The standard InChI is InChI=1S/C14H16N2O2/c17-12-7-5-10(6-8-12)9-13-15-14(16-18-13)11-3-1-2-4-11/h5-8,11,17H,1-4,9H2. The smallest absolute Gasteiger partial charge is 0.231 e. The topological polar surface area (TPSA) is 59.2 Å². The monoisotopic (exact) mass is 244 g/mol. The summed E-state index contributed by atoms with van der Waals surface area (Å²) < 4.78 is 5.29. The third kappa shape index (κ3) is 2.37. The van der Waals surface area contributed by atoms with E-state index in [1.54, 1.807) is 12.1 Å². The minimum atomic E-state index is 0.274. The zero-order chi connectivity index (χ0) is 12.4. The Hall–Kier alpha value is -1.84. The fourth-order valence-electron chi connectivity index (χ4n) is 2.48. The number of phenolic OH excluding ortho intramolecular Hbond substituents is 1. The number of rotatable bonds is 3. The van der Waals surface area contributed by atoms with Crippen LogP contribution in [0, 0.1) is 0 Å². The summed E-state index contributed by atoms with van der Waals surface area (Å²) in [5.41, 5.74) is 1.06. The normalized spacial score (nSPS) is 16.2. The lowest BCUT2D eigenvalue weighted by Gasteiger charge is -1.99. The molecule has 0 spiro atoms. The van der Waals surface area contributed by atoms with Crippen LogP contribution in [0.5, 0.6) is 5.75 Å². The summed E-state index contributed by atoms with van der Waals surface area (Å²) in [7, 11) is 0. The molecule has 1 aromatic heterocycles. The molecule has 94 valence electrons. The molecule has 1 heterocycles. The number of benzene rings is 1. The Morgan fingerprint density at radius 2 is 1.89 bits per heavy atom. The van der Waals surface area contributed by atoms with Crippen LogP contribution in [-0.2, 0) is 6.42 Å². The summed E-state index contributed by atoms with van der Waals surface area (Å²) in [6, 6.07) is 7.08. The van der Waals surface area contributed by atoms with Gasteiger partial charge in [0.2, 0.25) is 5.89 Å². The van der Waals surface area contributed by atoms with Gasteiger partial charge in [-0.1, -0.05) is 30.1 Å². The van der Waals surface area contributed by atoms with Crippen LogP contribution in [0.4, 0.5) is 0 Å². The number of aromatic hydroxyl groups is 1. The van der Waals surface area contributed by atoms with Crippen molar-refractivity contribution < 1.29 is 9.63 Å². The zero-order valence-corrected chi connectivity index (χ0v) is 10.2. The molecule has 1 N–H and O–H groups in total. The van der Waals surface area contributed by atoms with Gasteiger partial charge < -0.3 is 9.63 Å².